The molecule has 0 amide bonds. The van der Waals surface area contributed by atoms with Crippen LogP contribution in [0.25, 0.3) is 0 Å². The molecule has 6 heteroatoms. The molecule has 0 aromatic heterocycles. The molecule has 1 fully saturated rings. The van der Waals surface area contributed by atoms with E-state index < -0.39 is 0 Å². The molecular weight excluding hydrogens is 372 g/mol. The average molecular weight is 401 g/mol. The molecule has 2 aromatic carbocycles. The monoisotopic (exact) mass is 400 g/mol. The number of halogens is 1. The minimum absolute atomic E-state index is 0.740. The Kier molecular flexibility index (Phi) is 8.15. The van der Waals surface area contributed by atoms with Crippen LogP contribution in [0.2, 0.25) is 5.02 Å². The van der Waals surface area contributed by atoms with E-state index in [0.29, 0.717) is 0 Å². The van der Waals surface area contributed by atoms with Crippen LogP contribution in [0.3, 0.4) is 0 Å². The lowest BCUT2D eigenvalue weighted by molar-refractivity contribution is 0.0342. The number of benzene rings is 2. The summed E-state index contributed by atoms with van der Waals surface area (Å²) in [4.78, 5) is 6.73. The fraction of sp³-hybridized carbons (Fsp3) is 0.409. The van der Waals surface area contributed by atoms with Crippen LogP contribution in [0.4, 0.5) is 0 Å². The maximum absolute atomic E-state index is 6.21. The molecular formula is C22H29ClN4O. The Hall–Kier alpha value is -2.08. The third-order valence-corrected chi connectivity index (χ3v) is 5.23. The molecule has 5 nitrogen and oxygen atoms in total. The number of rotatable bonds is 7. The molecule has 0 unspecified atom stereocenters. The summed E-state index contributed by atoms with van der Waals surface area (Å²) < 4.78 is 5.41. The Morgan fingerprint density at radius 1 is 1.04 bits per heavy atom. The molecule has 0 atom stereocenters. The molecule has 0 saturated carbocycles. The van der Waals surface area contributed by atoms with Crippen molar-refractivity contribution in [1.82, 2.24) is 15.5 Å². The van der Waals surface area contributed by atoms with Crippen LogP contribution in [-0.4, -0.2) is 50.8 Å². The molecule has 1 aliphatic heterocycles. The second-order valence-electron chi connectivity index (χ2n) is 6.90. The molecule has 0 radical (unpaired) electrons. The van der Waals surface area contributed by atoms with Gasteiger partial charge in [-0.2, -0.15) is 0 Å². The number of guanidine groups is 1. The van der Waals surface area contributed by atoms with Gasteiger partial charge in [0.1, 0.15) is 0 Å². The quantitative estimate of drug-likeness (QED) is 0.554. The molecule has 2 aromatic rings. The zero-order chi connectivity index (χ0) is 19.6. The maximum Gasteiger partial charge on any atom is 0.191 e. The standard InChI is InChI=1S/C22H29ClN4O/c1-24-22(25-11-10-20-4-2-3-5-21(20)23)26-16-18-6-8-19(9-7-18)17-27-12-14-28-15-13-27/h2-9H,10-17H2,1H3,(H2,24,25,26). The summed E-state index contributed by atoms with van der Waals surface area (Å²) in [5.41, 5.74) is 3.72. The predicted octanol–water partition coefficient (Wildman–Crippen LogP) is 3.08. The summed E-state index contributed by atoms with van der Waals surface area (Å²) >= 11 is 6.21. The lowest BCUT2D eigenvalue weighted by atomic mass is 10.1. The van der Waals surface area contributed by atoms with E-state index in [1.165, 1.54) is 11.1 Å². The fourth-order valence-electron chi connectivity index (χ4n) is 3.20. The number of nitrogens with one attached hydrogen (secondary N) is 2. The van der Waals surface area contributed by atoms with E-state index in [0.717, 1.165) is 68.9 Å². The summed E-state index contributed by atoms with van der Waals surface area (Å²) in [6.07, 6.45) is 0.858. The molecule has 0 aliphatic carbocycles. The molecule has 1 heterocycles. The number of hydrogen-bond acceptors (Lipinski definition) is 3. The molecule has 1 saturated heterocycles. The highest BCUT2D eigenvalue weighted by atomic mass is 35.5. The first-order valence-corrected chi connectivity index (χ1v) is 10.2. The third kappa shape index (κ3) is 6.51. The van der Waals surface area contributed by atoms with Crippen molar-refractivity contribution >= 4 is 17.6 Å². The van der Waals surface area contributed by atoms with Crippen molar-refractivity contribution in [2.75, 3.05) is 39.9 Å². The van der Waals surface area contributed by atoms with Crippen LogP contribution >= 0.6 is 11.6 Å². The zero-order valence-electron chi connectivity index (χ0n) is 16.5. The number of morpholine rings is 1. The highest BCUT2D eigenvalue weighted by Crippen LogP contribution is 2.14. The summed E-state index contributed by atoms with van der Waals surface area (Å²) in [6, 6.07) is 16.7. The van der Waals surface area contributed by atoms with Crippen molar-refractivity contribution in [3.05, 3.63) is 70.2 Å². The highest BCUT2D eigenvalue weighted by Gasteiger charge is 2.10. The summed E-state index contributed by atoms with van der Waals surface area (Å²) in [7, 11) is 1.79. The summed E-state index contributed by atoms with van der Waals surface area (Å²) in [5.74, 6) is 0.796. The van der Waals surface area contributed by atoms with Crippen molar-refractivity contribution in [1.29, 1.82) is 0 Å². The SMILES string of the molecule is CN=C(NCCc1ccccc1Cl)NCc1ccc(CN2CCOCC2)cc1. The summed E-state index contributed by atoms with van der Waals surface area (Å²) in [5, 5.41) is 7.52. The summed E-state index contributed by atoms with van der Waals surface area (Å²) in [6.45, 7) is 6.21. The predicted molar refractivity (Wildman–Crippen MR) is 116 cm³/mol. The van der Waals surface area contributed by atoms with Crippen molar-refractivity contribution in [2.45, 2.75) is 19.5 Å². The first kappa shape index (κ1) is 20.6. The molecule has 150 valence electrons. The van der Waals surface area contributed by atoms with E-state index in [2.05, 4.69) is 50.9 Å². The lowest BCUT2D eigenvalue weighted by Gasteiger charge is -2.26. The number of ether oxygens (including phenoxy) is 1. The van der Waals surface area contributed by atoms with Gasteiger partial charge in [-0.3, -0.25) is 9.89 Å². The molecule has 0 bridgehead atoms. The van der Waals surface area contributed by atoms with Crippen LogP contribution in [0.1, 0.15) is 16.7 Å². The normalized spacial score (nSPS) is 15.4. The van der Waals surface area contributed by atoms with E-state index >= 15 is 0 Å². The number of nitrogens with zero attached hydrogens (tertiary/aromatic N) is 2. The minimum Gasteiger partial charge on any atom is -0.379 e. The van der Waals surface area contributed by atoms with Gasteiger partial charge in [0.05, 0.1) is 13.2 Å². The topological polar surface area (TPSA) is 48.9 Å². The van der Waals surface area contributed by atoms with Crippen molar-refractivity contribution in [3.8, 4) is 0 Å². The van der Waals surface area contributed by atoms with Gasteiger partial charge in [0.15, 0.2) is 5.96 Å². The van der Waals surface area contributed by atoms with Gasteiger partial charge in [0.2, 0.25) is 0 Å². The van der Waals surface area contributed by atoms with Gasteiger partial charge in [-0.05, 0) is 29.2 Å². The first-order valence-electron chi connectivity index (χ1n) is 9.80. The average Bonchev–Trinajstić information content (AvgIpc) is 2.73. The largest absolute Gasteiger partial charge is 0.379 e. The molecule has 1 aliphatic rings. The van der Waals surface area contributed by atoms with Crippen LogP contribution in [-0.2, 0) is 24.2 Å². The Morgan fingerprint density at radius 2 is 1.75 bits per heavy atom. The van der Waals surface area contributed by atoms with Crippen molar-refractivity contribution in [3.63, 3.8) is 0 Å². The molecule has 0 spiro atoms. The van der Waals surface area contributed by atoms with E-state index in [4.69, 9.17) is 16.3 Å². The second kappa shape index (κ2) is 11.1. The molecule has 3 rings (SSSR count). The zero-order valence-corrected chi connectivity index (χ0v) is 17.2. The van der Waals surface area contributed by atoms with Crippen molar-refractivity contribution < 1.29 is 4.74 Å². The van der Waals surface area contributed by atoms with Gasteiger partial charge < -0.3 is 15.4 Å². The number of aliphatic imine (C=N–C) groups is 1. The molecule has 2 N–H and O–H groups in total. The fourth-order valence-corrected chi connectivity index (χ4v) is 3.43. The van der Waals surface area contributed by atoms with Crippen LogP contribution < -0.4 is 10.6 Å². The van der Waals surface area contributed by atoms with E-state index in [-0.39, 0.29) is 0 Å². The highest BCUT2D eigenvalue weighted by molar-refractivity contribution is 6.31. The minimum atomic E-state index is 0.740. The van der Waals surface area contributed by atoms with Gasteiger partial charge >= 0.3 is 0 Å². The van der Waals surface area contributed by atoms with Gasteiger partial charge in [0, 0.05) is 44.8 Å². The van der Waals surface area contributed by atoms with Crippen LogP contribution in [0, 0.1) is 0 Å². The van der Waals surface area contributed by atoms with Gasteiger partial charge in [-0.1, -0.05) is 54.1 Å². The van der Waals surface area contributed by atoms with Crippen LogP contribution in [0.15, 0.2) is 53.5 Å². The van der Waals surface area contributed by atoms with Gasteiger partial charge in [-0.25, -0.2) is 0 Å². The Bertz CT molecular complexity index is 757. The van der Waals surface area contributed by atoms with E-state index in [1.54, 1.807) is 7.05 Å². The Labute approximate surface area is 172 Å². The Morgan fingerprint density at radius 3 is 2.46 bits per heavy atom. The number of hydrogen-bond donors (Lipinski definition) is 2. The van der Waals surface area contributed by atoms with Gasteiger partial charge in [-0.15, -0.1) is 0 Å². The van der Waals surface area contributed by atoms with E-state index in [1.807, 2.05) is 18.2 Å². The van der Waals surface area contributed by atoms with E-state index in [9.17, 15) is 0 Å². The lowest BCUT2D eigenvalue weighted by Crippen LogP contribution is -2.37. The molecule has 28 heavy (non-hydrogen) atoms. The Balaban J connectivity index is 1.41. The second-order valence-corrected chi connectivity index (χ2v) is 7.31. The smallest absolute Gasteiger partial charge is 0.191 e. The first-order chi connectivity index (χ1) is 13.7. The van der Waals surface area contributed by atoms with Crippen molar-refractivity contribution in [2.24, 2.45) is 4.99 Å². The van der Waals surface area contributed by atoms with Crippen LogP contribution in [0.5, 0.6) is 0 Å². The maximum atomic E-state index is 6.21. The third-order valence-electron chi connectivity index (χ3n) is 4.86. The van der Waals surface area contributed by atoms with Gasteiger partial charge in [0.25, 0.3) is 0 Å².